The minimum atomic E-state index is -0.833. The molecule has 4 aliphatic rings. The van der Waals surface area contributed by atoms with Crippen molar-refractivity contribution in [3.8, 4) is 5.75 Å². The number of aliphatic hydroxyl groups is 1. The molecule has 1 aliphatic carbocycles. The van der Waals surface area contributed by atoms with E-state index in [2.05, 4.69) is 61.9 Å². The van der Waals surface area contributed by atoms with Crippen LogP contribution in [0.5, 0.6) is 5.75 Å². The van der Waals surface area contributed by atoms with Gasteiger partial charge in [-0.3, -0.25) is 14.5 Å². The SMILES string of the molecule is O=C(O[C@@H]1CN2CCC1CC2)C1(c2cccc(CCCCn3nnc4cc(CNC[C@H](O)c5ccc(O)c6[nH]c(=O)ccc56)ccc43)c2)CCCCC1. The van der Waals surface area contributed by atoms with Gasteiger partial charge in [-0.05, 0) is 110 Å². The monoisotopic (exact) mass is 718 g/mol. The van der Waals surface area contributed by atoms with E-state index >= 15 is 0 Å². The summed E-state index contributed by atoms with van der Waals surface area (Å²) in [6.45, 7) is 4.76. The topological polar surface area (TPSA) is 146 Å². The number of hydrogen-bond acceptors (Lipinski definition) is 9. The Balaban J connectivity index is 0.845. The first-order valence-electron chi connectivity index (χ1n) is 19.4. The number of nitrogens with zero attached hydrogens (tertiary/aromatic N) is 4. The van der Waals surface area contributed by atoms with E-state index in [9.17, 15) is 19.8 Å². The number of aromatic hydroxyl groups is 1. The zero-order valence-corrected chi connectivity index (χ0v) is 30.3. The van der Waals surface area contributed by atoms with Crippen LogP contribution >= 0.6 is 0 Å². The van der Waals surface area contributed by atoms with Gasteiger partial charge in [0.1, 0.15) is 17.4 Å². The normalized spacial score (nSPS) is 21.6. The van der Waals surface area contributed by atoms with Crippen LogP contribution in [0.2, 0.25) is 0 Å². The number of H-pyrrole nitrogens is 1. The minimum Gasteiger partial charge on any atom is -0.506 e. The van der Waals surface area contributed by atoms with Gasteiger partial charge >= 0.3 is 5.97 Å². The van der Waals surface area contributed by atoms with Crippen molar-refractivity contribution in [2.75, 3.05) is 26.2 Å². The highest BCUT2D eigenvalue weighted by atomic mass is 16.5. The molecule has 2 bridgehead atoms. The van der Waals surface area contributed by atoms with Gasteiger partial charge in [-0.25, -0.2) is 4.68 Å². The summed E-state index contributed by atoms with van der Waals surface area (Å²) in [6, 6.07) is 21.0. The molecule has 4 fully saturated rings. The second-order valence-electron chi connectivity index (χ2n) is 15.4. The molecule has 278 valence electrons. The molecular formula is C42H50N6O5. The van der Waals surface area contributed by atoms with E-state index in [0.717, 1.165) is 106 Å². The number of aromatic amines is 1. The van der Waals surface area contributed by atoms with E-state index in [4.69, 9.17) is 4.74 Å². The van der Waals surface area contributed by atoms with E-state index in [1.807, 2.05) is 10.7 Å². The number of aromatic nitrogens is 4. The first kappa shape index (κ1) is 35.4. The van der Waals surface area contributed by atoms with Crippen LogP contribution in [0.15, 0.2) is 71.5 Å². The Morgan fingerprint density at radius 3 is 2.66 bits per heavy atom. The Morgan fingerprint density at radius 1 is 1.00 bits per heavy atom. The molecule has 4 N–H and O–H groups in total. The highest BCUT2D eigenvalue weighted by molar-refractivity contribution is 5.87. The van der Waals surface area contributed by atoms with Crippen molar-refractivity contribution in [1.29, 1.82) is 0 Å². The van der Waals surface area contributed by atoms with Gasteiger partial charge < -0.3 is 25.3 Å². The molecule has 3 saturated heterocycles. The predicted octanol–water partition coefficient (Wildman–Crippen LogP) is 5.66. The fraction of sp³-hybridized carbons (Fsp3) is 0.476. The minimum absolute atomic E-state index is 0.00469. The van der Waals surface area contributed by atoms with E-state index in [0.29, 0.717) is 28.9 Å². The molecule has 2 aromatic heterocycles. The third kappa shape index (κ3) is 7.47. The van der Waals surface area contributed by atoms with E-state index in [1.165, 1.54) is 24.1 Å². The summed E-state index contributed by atoms with van der Waals surface area (Å²) in [5.74, 6) is 0.485. The number of hydrogen-bond donors (Lipinski definition) is 4. The van der Waals surface area contributed by atoms with E-state index in [1.54, 1.807) is 12.1 Å². The van der Waals surface area contributed by atoms with Gasteiger partial charge in [-0.15, -0.1) is 5.10 Å². The van der Waals surface area contributed by atoms with Crippen molar-refractivity contribution in [1.82, 2.24) is 30.2 Å². The number of aryl methyl sites for hydroxylation is 2. The van der Waals surface area contributed by atoms with Crippen LogP contribution in [0.25, 0.3) is 21.9 Å². The van der Waals surface area contributed by atoms with Crippen LogP contribution in [0.3, 0.4) is 0 Å². The molecule has 11 heteroatoms. The molecule has 9 rings (SSSR count). The fourth-order valence-electron chi connectivity index (χ4n) is 8.98. The lowest BCUT2D eigenvalue weighted by molar-refractivity contribution is -0.167. The van der Waals surface area contributed by atoms with Gasteiger partial charge in [0.25, 0.3) is 0 Å². The number of rotatable bonds is 13. The summed E-state index contributed by atoms with van der Waals surface area (Å²) >= 11 is 0. The predicted molar refractivity (Wildman–Crippen MR) is 204 cm³/mol. The molecule has 0 radical (unpaired) electrons. The molecule has 0 amide bonds. The summed E-state index contributed by atoms with van der Waals surface area (Å²) in [7, 11) is 0. The molecule has 11 nitrogen and oxygen atoms in total. The average Bonchev–Trinajstić information content (AvgIpc) is 3.59. The highest BCUT2D eigenvalue weighted by Gasteiger charge is 2.46. The zero-order valence-electron chi connectivity index (χ0n) is 30.3. The number of carbonyl (C=O) groups is 1. The number of unbranched alkanes of at least 4 members (excludes halogenated alkanes) is 1. The number of pyridine rings is 1. The van der Waals surface area contributed by atoms with Crippen molar-refractivity contribution in [2.45, 2.75) is 94.9 Å². The Kier molecular flexibility index (Phi) is 10.3. The number of fused-ring (bicyclic) bond motifs is 5. The number of aliphatic hydroxyl groups excluding tert-OH is 1. The summed E-state index contributed by atoms with van der Waals surface area (Å²) in [5.41, 5.74) is 5.34. The standard InChI is InChI=1S/C42H50N6O5/c49-36-14-11-32(33-12-15-39(51)44-40(33)36)37(50)26-43-25-29-10-13-35-34(24-29)45-46-48(35)20-5-2-7-28-8-6-9-31(23-28)42(18-3-1-4-19-42)41(52)53-38-27-47-21-16-30(38)17-22-47/h6,8-15,23-24,30,37-38,43,49-50H,1-5,7,16-22,25-27H2,(H,44,51)/t37-,38+/m0/s1. The number of piperidine rings is 3. The molecule has 5 aromatic rings. The van der Waals surface area contributed by atoms with Crippen LogP contribution in [0.1, 0.15) is 86.1 Å². The molecule has 5 heterocycles. The lowest BCUT2D eigenvalue weighted by Gasteiger charge is -2.45. The fourth-order valence-corrected chi connectivity index (χ4v) is 8.98. The summed E-state index contributed by atoms with van der Waals surface area (Å²) in [4.78, 5) is 30.8. The van der Waals surface area contributed by atoms with Crippen molar-refractivity contribution in [3.63, 3.8) is 0 Å². The number of ether oxygens (including phenoxy) is 1. The van der Waals surface area contributed by atoms with Gasteiger partial charge in [0.2, 0.25) is 5.56 Å². The van der Waals surface area contributed by atoms with Crippen molar-refractivity contribution in [3.05, 3.63) is 99.3 Å². The largest absolute Gasteiger partial charge is 0.506 e. The Morgan fingerprint density at radius 2 is 1.85 bits per heavy atom. The van der Waals surface area contributed by atoms with Gasteiger partial charge in [0, 0.05) is 37.6 Å². The number of phenols is 1. The second kappa shape index (κ2) is 15.4. The molecule has 3 aromatic carbocycles. The summed E-state index contributed by atoms with van der Waals surface area (Å²) < 4.78 is 8.35. The average molecular weight is 719 g/mol. The molecule has 0 spiro atoms. The number of esters is 1. The van der Waals surface area contributed by atoms with Crippen LogP contribution < -0.4 is 10.9 Å². The van der Waals surface area contributed by atoms with E-state index in [-0.39, 0.29) is 29.9 Å². The first-order chi connectivity index (χ1) is 25.9. The zero-order chi connectivity index (χ0) is 36.4. The van der Waals surface area contributed by atoms with Gasteiger partial charge in [0.05, 0.1) is 22.6 Å². The molecule has 0 unspecified atom stereocenters. The summed E-state index contributed by atoms with van der Waals surface area (Å²) in [6.07, 6.45) is 9.43. The lowest BCUT2D eigenvalue weighted by Crippen LogP contribution is -2.53. The smallest absolute Gasteiger partial charge is 0.316 e. The van der Waals surface area contributed by atoms with Gasteiger partial charge in [-0.2, -0.15) is 0 Å². The molecule has 1 saturated carbocycles. The van der Waals surface area contributed by atoms with Gasteiger partial charge in [-0.1, -0.05) is 60.9 Å². The van der Waals surface area contributed by atoms with E-state index < -0.39 is 11.5 Å². The van der Waals surface area contributed by atoms with Crippen molar-refractivity contribution < 1.29 is 19.7 Å². The van der Waals surface area contributed by atoms with Crippen LogP contribution in [-0.4, -0.2) is 73.3 Å². The molecular weight excluding hydrogens is 668 g/mol. The summed E-state index contributed by atoms with van der Waals surface area (Å²) in [5, 5.41) is 33.9. The Labute approximate surface area is 309 Å². The number of carbonyl (C=O) groups excluding carboxylic acids is 1. The van der Waals surface area contributed by atoms with Crippen molar-refractivity contribution >= 4 is 27.9 Å². The molecule has 3 aliphatic heterocycles. The highest BCUT2D eigenvalue weighted by Crippen LogP contribution is 2.42. The maximum Gasteiger partial charge on any atom is 0.316 e. The molecule has 53 heavy (non-hydrogen) atoms. The second-order valence-corrected chi connectivity index (χ2v) is 15.4. The number of benzene rings is 3. The third-order valence-electron chi connectivity index (χ3n) is 12.0. The van der Waals surface area contributed by atoms with Crippen LogP contribution in [0, 0.1) is 5.92 Å². The quantitative estimate of drug-likeness (QED) is 0.0895. The number of nitrogens with one attached hydrogen (secondary N) is 2. The van der Waals surface area contributed by atoms with Gasteiger partial charge in [0.15, 0.2) is 0 Å². The van der Waals surface area contributed by atoms with Crippen LogP contribution in [-0.2, 0) is 34.5 Å². The number of phenolic OH excluding ortho intramolecular Hbond substituents is 1. The van der Waals surface area contributed by atoms with Crippen molar-refractivity contribution in [2.24, 2.45) is 5.92 Å². The Bertz CT molecular complexity index is 2130. The first-order valence-corrected chi connectivity index (χ1v) is 19.4. The Hall–Kier alpha value is -4.58. The maximum atomic E-state index is 14.0. The maximum absolute atomic E-state index is 14.0. The third-order valence-corrected chi connectivity index (χ3v) is 12.0. The van der Waals surface area contributed by atoms with Crippen LogP contribution in [0.4, 0.5) is 0 Å². The lowest BCUT2D eigenvalue weighted by atomic mass is 9.69. The molecule has 2 atom stereocenters.